The first-order valence-corrected chi connectivity index (χ1v) is 17.1. The molecule has 4 N–H and O–H groups in total. The number of hydrogen-bond acceptors (Lipinski definition) is 6. The number of anilines is 2. The van der Waals surface area contributed by atoms with Gasteiger partial charge in [0, 0.05) is 30.7 Å². The summed E-state index contributed by atoms with van der Waals surface area (Å²) in [7, 11) is -3.66. The van der Waals surface area contributed by atoms with Crippen molar-refractivity contribution in [3.05, 3.63) is 130 Å². The van der Waals surface area contributed by atoms with Gasteiger partial charge in [0.1, 0.15) is 6.04 Å². The van der Waals surface area contributed by atoms with Gasteiger partial charge in [0.25, 0.3) is 0 Å². The van der Waals surface area contributed by atoms with Gasteiger partial charge in [-0.3, -0.25) is 19.3 Å². The third-order valence-corrected chi connectivity index (χ3v) is 9.06. The van der Waals surface area contributed by atoms with E-state index >= 15 is 0 Å². The molecule has 4 aromatic rings. The molecule has 0 aliphatic carbocycles. The largest absolute Gasteiger partial charge is 0.382 e. The summed E-state index contributed by atoms with van der Waals surface area (Å²) in [4.78, 5) is 31.3. The molecule has 0 aromatic heterocycles. The van der Waals surface area contributed by atoms with E-state index in [-0.39, 0.29) is 30.5 Å². The van der Waals surface area contributed by atoms with Gasteiger partial charge >= 0.3 is 0 Å². The molecule has 0 saturated carbocycles. The molecule has 238 valence electrons. The number of nitrogens with zero attached hydrogens (tertiary/aromatic N) is 1. The SMILES string of the molecule is O=C(N[C@H](Cc1ccc(Cl)cc1)C(=O)NCCNc1ccccc1NS(=O)(=O)Cc1ccccc1)C1C=NCc2ccccc2C1. The Balaban J connectivity index is 1.20. The highest BCUT2D eigenvalue weighted by molar-refractivity contribution is 7.91. The van der Waals surface area contributed by atoms with Gasteiger partial charge in [-0.15, -0.1) is 0 Å². The topological polar surface area (TPSA) is 129 Å². The van der Waals surface area contributed by atoms with Gasteiger partial charge < -0.3 is 16.0 Å². The summed E-state index contributed by atoms with van der Waals surface area (Å²) in [6.45, 7) is 1.06. The second-order valence-electron chi connectivity index (χ2n) is 11.1. The van der Waals surface area contributed by atoms with E-state index in [1.807, 2.05) is 42.5 Å². The van der Waals surface area contributed by atoms with Gasteiger partial charge in [-0.2, -0.15) is 0 Å². The molecule has 0 bridgehead atoms. The first kappa shape index (κ1) is 32.7. The number of carbonyl (C=O) groups excluding carboxylic acids is 2. The van der Waals surface area contributed by atoms with Crippen molar-refractivity contribution >= 4 is 51.0 Å². The van der Waals surface area contributed by atoms with Crippen molar-refractivity contribution in [2.75, 3.05) is 23.1 Å². The monoisotopic (exact) mass is 657 g/mol. The molecule has 4 aromatic carbocycles. The van der Waals surface area contributed by atoms with Crippen LogP contribution in [-0.4, -0.2) is 45.6 Å². The summed E-state index contributed by atoms with van der Waals surface area (Å²) in [6, 6.07) is 30.2. The minimum Gasteiger partial charge on any atom is -0.382 e. The van der Waals surface area contributed by atoms with Crippen molar-refractivity contribution in [1.82, 2.24) is 10.6 Å². The molecule has 11 heteroatoms. The Morgan fingerprint density at radius 3 is 2.24 bits per heavy atom. The van der Waals surface area contributed by atoms with Gasteiger partial charge in [0.15, 0.2) is 0 Å². The van der Waals surface area contributed by atoms with E-state index in [1.165, 1.54) is 0 Å². The van der Waals surface area contributed by atoms with E-state index < -0.39 is 22.0 Å². The Hall–Kier alpha value is -4.67. The molecule has 5 rings (SSSR count). The van der Waals surface area contributed by atoms with Crippen LogP contribution in [0.15, 0.2) is 108 Å². The predicted molar refractivity (Wildman–Crippen MR) is 184 cm³/mol. The Labute approximate surface area is 274 Å². The third-order valence-electron chi connectivity index (χ3n) is 7.56. The highest BCUT2D eigenvalue weighted by Gasteiger charge is 2.26. The van der Waals surface area contributed by atoms with Gasteiger partial charge in [0.2, 0.25) is 21.8 Å². The van der Waals surface area contributed by atoms with E-state index in [0.717, 1.165) is 16.7 Å². The Morgan fingerprint density at radius 2 is 1.48 bits per heavy atom. The zero-order valence-electron chi connectivity index (χ0n) is 25.2. The van der Waals surface area contributed by atoms with Crippen LogP contribution in [0, 0.1) is 5.92 Å². The lowest BCUT2D eigenvalue weighted by Gasteiger charge is -2.21. The zero-order valence-corrected chi connectivity index (χ0v) is 26.7. The van der Waals surface area contributed by atoms with E-state index in [9.17, 15) is 18.0 Å². The fourth-order valence-corrected chi connectivity index (χ4v) is 6.56. The van der Waals surface area contributed by atoms with Crippen LogP contribution in [0.5, 0.6) is 0 Å². The van der Waals surface area contributed by atoms with Crippen LogP contribution in [0.25, 0.3) is 0 Å². The van der Waals surface area contributed by atoms with Crippen LogP contribution in [0.4, 0.5) is 11.4 Å². The maximum absolute atomic E-state index is 13.4. The van der Waals surface area contributed by atoms with Crippen LogP contribution in [0.3, 0.4) is 0 Å². The predicted octanol–water partition coefficient (Wildman–Crippen LogP) is 4.98. The summed E-state index contributed by atoms with van der Waals surface area (Å²) in [5.41, 5.74) is 4.66. The molecule has 9 nitrogen and oxygen atoms in total. The number of aliphatic imine (C=N–C) groups is 1. The number of benzene rings is 4. The molecular formula is C35H36ClN5O4S. The molecule has 1 heterocycles. The lowest BCUT2D eigenvalue weighted by atomic mass is 9.96. The Kier molecular flexibility index (Phi) is 11.1. The maximum atomic E-state index is 13.4. The molecule has 2 amide bonds. The first-order valence-electron chi connectivity index (χ1n) is 15.0. The van der Waals surface area contributed by atoms with Crippen molar-refractivity contribution in [3.8, 4) is 0 Å². The molecular weight excluding hydrogens is 622 g/mol. The third kappa shape index (κ3) is 9.42. The molecule has 2 atom stereocenters. The van der Waals surface area contributed by atoms with E-state index in [4.69, 9.17) is 11.6 Å². The van der Waals surface area contributed by atoms with E-state index in [1.54, 1.807) is 66.9 Å². The summed E-state index contributed by atoms with van der Waals surface area (Å²) in [5, 5.41) is 9.63. The average Bonchev–Trinajstić information content (AvgIpc) is 3.27. The standard InChI is InChI=1S/C35H36ClN5O4S/c36-30-16-14-25(15-17-30)20-33(40-34(42)29-21-27-10-4-5-11-28(27)22-37-23-29)35(43)39-19-18-38-31-12-6-7-13-32(31)41-46(44,45)24-26-8-2-1-3-9-26/h1-17,23,29,33,38,41H,18-22,24H2,(H,39,43)(H,40,42)/t29?,33-/m1/s1. The van der Waals surface area contributed by atoms with Crippen molar-refractivity contribution < 1.29 is 18.0 Å². The van der Waals surface area contributed by atoms with Crippen molar-refractivity contribution in [2.45, 2.75) is 31.2 Å². The number of rotatable bonds is 13. The minimum atomic E-state index is -3.66. The van der Waals surface area contributed by atoms with Gasteiger partial charge in [-0.25, -0.2) is 8.42 Å². The molecule has 0 radical (unpaired) electrons. The van der Waals surface area contributed by atoms with Gasteiger partial charge in [-0.1, -0.05) is 90.5 Å². The fraction of sp³-hybridized carbons (Fsp3) is 0.229. The van der Waals surface area contributed by atoms with Crippen molar-refractivity contribution in [3.63, 3.8) is 0 Å². The molecule has 0 spiro atoms. The quantitative estimate of drug-likeness (QED) is 0.151. The average molecular weight is 658 g/mol. The summed E-state index contributed by atoms with van der Waals surface area (Å²) in [5.74, 6) is -1.27. The molecule has 1 unspecified atom stereocenters. The van der Waals surface area contributed by atoms with Crippen LogP contribution in [-0.2, 0) is 44.8 Å². The van der Waals surface area contributed by atoms with Crippen LogP contribution >= 0.6 is 11.6 Å². The first-order chi connectivity index (χ1) is 22.3. The Bertz CT molecular complexity index is 1780. The second-order valence-corrected chi connectivity index (χ2v) is 13.2. The maximum Gasteiger partial charge on any atom is 0.242 e. The smallest absolute Gasteiger partial charge is 0.242 e. The molecule has 0 saturated heterocycles. The molecule has 46 heavy (non-hydrogen) atoms. The normalized spacial score (nSPS) is 14.8. The number of fused-ring (bicyclic) bond motifs is 1. The molecule has 1 aliphatic rings. The number of carbonyl (C=O) groups is 2. The lowest BCUT2D eigenvalue weighted by Crippen LogP contribution is -2.50. The number of sulfonamides is 1. The van der Waals surface area contributed by atoms with E-state index in [0.29, 0.717) is 41.5 Å². The van der Waals surface area contributed by atoms with Crippen LogP contribution in [0.1, 0.15) is 22.3 Å². The minimum absolute atomic E-state index is 0.155. The second kappa shape index (κ2) is 15.6. The highest BCUT2D eigenvalue weighted by atomic mass is 35.5. The number of halogens is 1. The summed E-state index contributed by atoms with van der Waals surface area (Å²) < 4.78 is 28.3. The summed E-state index contributed by atoms with van der Waals surface area (Å²) >= 11 is 6.06. The number of nitrogens with one attached hydrogen (secondary N) is 4. The number of amides is 2. The number of para-hydroxylation sites is 2. The highest BCUT2D eigenvalue weighted by Crippen LogP contribution is 2.23. The van der Waals surface area contributed by atoms with Gasteiger partial charge in [-0.05, 0) is 52.9 Å². The van der Waals surface area contributed by atoms with Crippen molar-refractivity contribution in [2.24, 2.45) is 10.9 Å². The molecule has 1 aliphatic heterocycles. The van der Waals surface area contributed by atoms with Gasteiger partial charge in [0.05, 0.1) is 29.6 Å². The van der Waals surface area contributed by atoms with E-state index in [2.05, 4.69) is 25.7 Å². The Morgan fingerprint density at radius 1 is 0.804 bits per heavy atom. The fourth-order valence-electron chi connectivity index (χ4n) is 5.21. The van der Waals surface area contributed by atoms with Crippen LogP contribution < -0.4 is 20.7 Å². The lowest BCUT2D eigenvalue weighted by molar-refractivity contribution is -0.129. The van der Waals surface area contributed by atoms with Crippen molar-refractivity contribution in [1.29, 1.82) is 0 Å². The molecule has 0 fully saturated rings. The summed E-state index contributed by atoms with van der Waals surface area (Å²) in [6.07, 6.45) is 2.44. The zero-order chi connectivity index (χ0) is 32.4. The van der Waals surface area contributed by atoms with Crippen LogP contribution in [0.2, 0.25) is 5.02 Å². The number of hydrogen-bond donors (Lipinski definition) is 4.